The molecule has 3 N–H and O–H groups in total. The van der Waals surface area contributed by atoms with E-state index in [2.05, 4.69) is 15.4 Å². The Morgan fingerprint density at radius 3 is 2.63 bits per heavy atom. The number of rotatable bonds is 3. The standard InChI is InChI=1S/C12H15N5OS/c1-7-6-9(4-5-10(7)11(13)16-18)19-12-15-14-8(2)17(12)3/h4-6,18H,1-3H3,(H2,13,16). The van der Waals surface area contributed by atoms with Gasteiger partial charge in [-0.3, -0.25) is 0 Å². The molecule has 0 amide bonds. The highest BCUT2D eigenvalue weighted by atomic mass is 32.2. The molecule has 0 unspecified atom stereocenters. The number of hydrogen-bond donors (Lipinski definition) is 2. The van der Waals surface area contributed by atoms with Crippen molar-refractivity contribution in [2.45, 2.75) is 23.9 Å². The zero-order valence-electron chi connectivity index (χ0n) is 11.0. The van der Waals surface area contributed by atoms with Crippen molar-refractivity contribution < 1.29 is 5.21 Å². The van der Waals surface area contributed by atoms with E-state index in [0.29, 0.717) is 0 Å². The fraction of sp³-hybridized carbons (Fsp3) is 0.250. The van der Waals surface area contributed by atoms with Gasteiger partial charge in [0.2, 0.25) is 0 Å². The summed E-state index contributed by atoms with van der Waals surface area (Å²) < 4.78 is 1.93. The maximum absolute atomic E-state index is 8.69. The molecule has 0 bridgehead atoms. The second-order valence-electron chi connectivity index (χ2n) is 4.15. The minimum Gasteiger partial charge on any atom is -0.409 e. The second kappa shape index (κ2) is 5.31. The lowest BCUT2D eigenvalue weighted by atomic mass is 10.1. The third-order valence-electron chi connectivity index (χ3n) is 2.84. The molecule has 0 radical (unpaired) electrons. The van der Waals surface area contributed by atoms with Crippen LogP contribution in [0.5, 0.6) is 0 Å². The zero-order valence-corrected chi connectivity index (χ0v) is 11.8. The second-order valence-corrected chi connectivity index (χ2v) is 5.19. The normalized spacial score (nSPS) is 11.8. The summed E-state index contributed by atoms with van der Waals surface area (Å²) in [6.07, 6.45) is 0. The van der Waals surface area contributed by atoms with Crippen molar-refractivity contribution in [1.82, 2.24) is 14.8 Å². The quantitative estimate of drug-likeness (QED) is 0.385. The third-order valence-corrected chi connectivity index (χ3v) is 3.87. The molecule has 7 heteroatoms. The lowest BCUT2D eigenvalue weighted by Crippen LogP contribution is -2.14. The third kappa shape index (κ3) is 2.70. The van der Waals surface area contributed by atoms with Gasteiger partial charge in [0.25, 0.3) is 0 Å². The molecule has 0 fully saturated rings. The summed E-state index contributed by atoms with van der Waals surface area (Å²) in [7, 11) is 1.93. The van der Waals surface area contributed by atoms with Gasteiger partial charge in [-0.1, -0.05) is 5.16 Å². The molecule has 1 aromatic carbocycles. The molecule has 0 aliphatic rings. The van der Waals surface area contributed by atoms with Gasteiger partial charge in [0.15, 0.2) is 11.0 Å². The molecular formula is C12H15N5OS. The Bertz CT molecular complexity index is 635. The predicted octanol–water partition coefficient (Wildman–Crippen LogP) is 1.68. The number of benzene rings is 1. The van der Waals surface area contributed by atoms with Crippen LogP contribution in [0.4, 0.5) is 0 Å². The van der Waals surface area contributed by atoms with Crippen molar-refractivity contribution in [2.24, 2.45) is 17.9 Å². The minimum absolute atomic E-state index is 0.114. The van der Waals surface area contributed by atoms with Crippen molar-refractivity contribution in [2.75, 3.05) is 0 Å². The first-order chi connectivity index (χ1) is 9.02. The Hall–Kier alpha value is -2.02. The summed E-state index contributed by atoms with van der Waals surface area (Å²) in [6.45, 7) is 3.82. The monoisotopic (exact) mass is 277 g/mol. The molecule has 2 aromatic rings. The van der Waals surface area contributed by atoms with Gasteiger partial charge in [0.1, 0.15) is 5.82 Å². The molecule has 100 valence electrons. The number of aryl methyl sites for hydroxylation is 2. The largest absolute Gasteiger partial charge is 0.409 e. The van der Waals surface area contributed by atoms with Gasteiger partial charge in [0.05, 0.1) is 0 Å². The van der Waals surface area contributed by atoms with E-state index >= 15 is 0 Å². The van der Waals surface area contributed by atoms with Gasteiger partial charge in [-0.2, -0.15) is 0 Å². The van der Waals surface area contributed by atoms with Crippen LogP contribution in [-0.2, 0) is 7.05 Å². The molecule has 0 saturated heterocycles. The van der Waals surface area contributed by atoms with E-state index in [1.165, 1.54) is 11.8 Å². The van der Waals surface area contributed by atoms with E-state index in [-0.39, 0.29) is 5.84 Å². The molecular weight excluding hydrogens is 262 g/mol. The zero-order chi connectivity index (χ0) is 14.0. The molecule has 0 spiro atoms. The number of oxime groups is 1. The predicted molar refractivity (Wildman–Crippen MR) is 73.6 cm³/mol. The minimum atomic E-state index is 0.114. The van der Waals surface area contributed by atoms with Gasteiger partial charge < -0.3 is 15.5 Å². The maximum atomic E-state index is 8.69. The topological polar surface area (TPSA) is 89.3 Å². The van der Waals surface area contributed by atoms with Crippen LogP contribution in [0.2, 0.25) is 0 Å². The van der Waals surface area contributed by atoms with Gasteiger partial charge >= 0.3 is 0 Å². The van der Waals surface area contributed by atoms with E-state index in [1.54, 1.807) is 0 Å². The Labute approximate surface area is 115 Å². The van der Waals surface area contributed by atoms with Crippen molar-refractivity contribution in [3.63, 3.8) is 0 Å². The van der Waals surface area contributed by atoms with Crippen molar-refractivity contribution in [3.8, 4) is 0 Å². The highest BCUT2D eigenvalue weighted by Crippen LogP contribution is 2.27. The van der Waals surface area contributed by atoms with Crippen molar-refractivity contribution in [1.29, 1.82) is 0 Å². The Kier molecular flexibility index (Phi) is 3.75. The average Bonchev–Trinajstić information content (AvgIpc) is 2.70. The molecule has 0 aliphatic heterocycles. The maximum Gasteiger partial charge on any atom is 0.195 e. The van der Waals surface area contributed by atoms with Crippen LogP contribution in [0.25, 0.3) is 0 Å². The SMILES string of the molecule is Cc1cc(Sc2nnc(C)n2C)ccc1/C(N)=N/O. The van der Waals surface area contributed by atoms with Crippen LogP contribution >= 0.6 is 11.8 Å². The van der Waals surface area contributed by atoms with Crippen LogP contribution in [-0.4, -0.2) is 25.8 Å². The van der Waals surface area contributed by atoms with Crippen molar-refractivity contribution >= 4 is 17.6 Å². The number of aromatic nitrogens is 3. The summed E-state index contributed by atoms with van der Waals surface area (Å²) in [5, 5.41) is 20.6. The van der Waals surface area contributed by atoms with Gasteiger partial charge in [-0.25, -0.2) is 0 Å². The summed E-state index contributed by atoms with van der Waals surface area (Å²) in [4.78, 5) is 1.03. The summed E-state index contributed by atoms with van der Waals surface area (Å²) in [5.74, 6) is 0.982. The van der Waals surface area contributed by atoms with Gasteiger partial charge in [-0.15, -0.1) is 10.2 Å². The molecule has 19 heavy (non-hydrogen) atoms. The summed E-state index contributed by atoms with van der Waals surface area (Å²) in [5.41, 5.74) is 7.26. The highest BCUT2D eigenvalue weighted by Gasteiger charge is 2.09. The average molecular weight is 277 g/mol. The van der Waals surface area contributed by atoms with Crippen LogP contribution < -0.4 is 5.73 Å². The number of hydrogen-bond acceptors (Lipinski definition) is 5. The summed E-state index contributed by atoms with van der Waals surface area (Å²) >= 11 is 1.52. The first-order valence-corrected chi connectivity index (χ1v) is 6.47. The van der Waals surface area contributed by atoms with E-state index in [1.807, 2.05) is 43.7 Å². The molecule has 1 heterocycles. The molecule has 0 saturated carbocycles. The van der Waals surface area contributed by atoms with Crippen LogP contribution in [0.15, 0.2) is 33.4 Å². The van der Waals surface area contributed by atoms with Gasteiger partial charge in [0, 0.05) is 17.5 Å². The summed E-state index contributed by atoms with van der Waals surface area (Å²) in [6, 6.07) is 5.72. The Morgan fingerprint density at radius 2 is 2.11 bits per heavy atom. The first-order valence-electron chi connectivity index (χ1n) is 5.65. The lowest BCUT2D eigenvalue weighted by Gasteiger charge is -2.07. The number of nitrogens with two attached hydrogens (primary N) is 1. The fourth-order valence-corrected chi connectivity index (χ4v) is 2.56. The van der Waals surface area contributed by atoms with Crippen molar-refractivity contribution in [3.05, 3.63) is 35.2 Å². The molecule has 0 aliphatic carbocycles. The Balaban J connectivity index is 2.28. The molecule has 1 aromatic heterocycles. The van der Waals surface area contributed by atoms with Gasteiger partial charge in [-0.05, 0) is 49.4 Å². The fourth-order valence-electron chi connectivity index (χ4n) is 1.62. The molecule has 0 atom stereocenters. The van der Waals surface area contributed by atoms with E-state index in [9.17, 15) is 0 Å². The number of nitrogens with zero attached hydrogens (tertiary/aromatic N) is 4. The van der Waals surface area contributed by atoms with E-state index in [0.717, 1.165) is 27.0 Å². The van der Waals surface area contributed by atoms with E-state index in [4.69, 9.17) is 10.9 Å². The van der Waals surface area contributed by atoms with Crippen LogP contribution in [0.3, 0.4) is 0 Å². The first kappa shape index (κ1) is 13.4. The number of amidine groups is 1. The van der Waals surface area contributed by atoms with Crippen LogP contribution in [0, 0.1) is 13.8 Å². The van der Waals surface area contributed by atoms with Crippen LogP contribution in [0.1, 0.15) is 17.0 Å². The molecule has 2 rings (SSSR count). The Morgan fingerprint density at radius 1 is 1.37 bits per heavy atom. The van der Waals surface area contributed by atoms with E-state index < -0.39 is 0 Å². The lowest BCUT2D eigenvalue weighted by molar-refractivity contribution is 0.318. The highest BCUT2D eigenvalue weighted by molar-refractivity contribution is 7.99. The molecule has 6 nitrogen and oxygen atoms in total. The smallest absolute Gasteiger partial charge is 0.195 e.